The van der Waals surface area contributed by atoms with Gasteiger partial charge < -0.3 is 10.4 Å². The van der Waals surface area contributed by atoms with Crippen LogP contribution in [0.15, 0.2) is 30.5 Å². The number of carbonyl (C=O) groups is 2. The molecule has 0 aliphatic rings. The summed E-state index contributed by atoms with van der Waals surface area (Å²) < 4.78 is 0. The van der Waals surface area contributed by atoms with Gasteiger partial charge in [0.25, 0.3) is 5.91 Å². The van der Waals surface area contributed by atoms with Crippen LogP contribution in [0, 0.1) is 0 Å². The largest absolute Gasteiger partial charge is 0.481 e. The maximum atomic E-state index is 11.7. The van der Waals surface area contributed by atoms with E-state index >= 15 is 0 Å². The van der Waals surface area contributed by atoms with E-state index in [4.69, 9.17) is 5.11 Å². The average Bonchev–Trinajstić information content (AvgIpc) is 2.93. The first-order valence-electron chi connectivity index (χ1n) is 5.92. The molecule has 0 fully saturated rings. The van der Waals surface area contributed by atoms with Crippen molar-refractivity contribution >= 4 is 17.6 Å². The lowest BCUT2D eigenvalue weighted by molar-refractivity contribution is -0.142. The Bertz CT molecular complexity index is 618. The number of hydrogen-bond acceptors (Lipinski definition) is 4. The Kier molecular flexibility index (Phi) is 3.51. The number of anilines is 1. The van der Waals surface area contributed by atoms with Gasteiger partial charge in [-0.3, -0.25) is 9.59 Å². The fourth-order valence-corrected chi connectivity index (χ4v) is 1.60. The van der Waals surface area contributed by atoms with Gasteiger partial charge in [-0.05, 0) is 31.5 Å². The van der Waals surface area contributed by atoms with E-state index in [1.165, 1.54) is 6.20 Å². The van der Waals surface area contributed by atoms with Crippen LogP contribution in [-0.4, -0.2) is 32.4 Å². The van der Waals surface area contributed by atoms with Crippen molar-refractivity contribution in [2.75, 3.05) is 5.32 Å². The van der Waals surface area contributed by atoms with Crippen LogP contribution in [0.25, 0.3) is 0 Å². The van der Waals surface area contributed by atoms with Gasteiger partial charge in [0.15, 0.2) is 5.69 Å². The van der Waals surface area contributed by atoms with Crippen LogP contribution in [0.5, 0.6) is 0 Å². The highest BCUT2D eigenvalue weighted by Crippen LogP contribution is 2.24. The molecule has 0 aliphatic heterocycles. The molecule has 7 nitrogen and oxygen atoms in total. The zero-order valence-corrected chi connectivity index (χ0v) is 11.0. The number of aromatic amines is 1. The molecule has 1 aromatic carbocycles. The summed E-state index contributed by atoms with van der Waals surface area (Å²) in [4.78, 5) is 22.9. The van der Waals surface area contributed by atoms with E-state index in [-0.39, 0.29) is 11.6 Å². The van der Waals surface area contributed by atoms with Crippen molar-refractivity contribution in [3.05, 3.63) is 41.7 Å². The molecule has 1 aromatic heterocycles. The Morgan fingerprint density at radius 3 is 2.40 bits per heavy atom. The predicted molar refractivity (Wildman–Crippen MR) is 71.4 cm³/mol. The number of nitrogens with zero attached hydrogens (tertiary/aromatic N) is 2. The number of aliphatic carboxylic acids is 1. The average molecular weight is 274 g/mol. The molecule has 2 aromatic rings. The molecule has 104 valence electrons. The number of amides is 1. The van der Waals surface area contributed by atoms with Crippen molar-refractivity contribution in [3.63, 3.8) is 0 Å². The van der Waals surface area contributed by atoms with E-state index < -0.39 is 11.4 Å². The Balaban J connectivity index is 2.13. The number of H-pyrrole nitrogens is 1. The summed E-state index contributed by atoms with van der Waals surface area (Å²) in [6, 6.07) is 6.65. The van der Waals surface area contributed by atoms with E-state index in [9.17, 15) is 9.59 Å². The van der Waals surface area contributed by atoms with Crippen molar-refractivity contribution in [2.45, 2.75) is 19.3 Å². The topological polar surface area (TPSA) is 108 Å². The summed E-state index contributed by atoms with van der Waals surface area (Å²) in [5, 5.41) is 21.4. The lowest BCUT2D eigenvalue weighted by Gasteiger charge is -2.19. The molecule has 2 rings (SSSR count). The number of nitrogens with one attached hydrogen (secondary N) is 2. The fraction of sp³-hybridized carbons (Fsp3) is 0.231. The van der Waals surface area contributed by atoms with Gasteiger partial charge >= 0.3 is 5.97 Å². The molecule has 0 aliphatic carbocycles. The van der Waals surface area contributed by atoms with Crippen molar-refractivity contribution in [1.29, 1.82) is 0 Å². The van der Waals surface area contributed by atoms with Crippen LogP contribution in [0.2, 0.25) is 0 Å². The van der Waals surface area contributed by atoms with Crippen molar-refractivity contribution in [2.24, 2.45) is 0 Å². The Hall–Kier alpha value is -2.70. The summed E-state index contributed by atoms with van der Waals surface area (Å²) in [5.74, 6) is -1.29. The van der Waals surface area contributed by atoms with Crippen LogP contribution in [0.3, 0.4) is 0 Å². The number of carboxylic acid groups (broad SMARTS) is 1. The summed E-state index contributed by atoms with van der Waals surface area (Å²) in [6.45, 7) is 3.25. The quantitative estimate of drug-likeness (QED) is 0.781. The van der Waals surface area contributed by atoms with E-state index in [0.717, 1.165) is 0 Å². The molecule has 0 saturated heterocycles. The predicted octanol–water partition coefficient (Wildman–Crippen LogP) is 1.42. The second kappa shape index (κ2) is 5.12. The lowest BCUT2D eigenvalue weighted by Crippen LogP contribution is -2.28. The van der Waals surface area contributed by atoms with Gasteiger partial charge in [0.1, 0.15) is 0 Å². The van der Waals surface area contributed by atoms with E-state index in [1.807, 2.05) is 0 Å². The second-order valence-corrected chi connectivity index (χ2v) is 4.82. The molecule has 7 heteroatoms. The molecule has 0 atom stereocenters. The Morgan fingerprint density at radius 2 is 1.90 bits per heavy atom. The lowest BCUT2D eigenvalue weighted by atomic mass is 9.85. The summed E-state index contributed by atoms with van der Waals surface area (Å²) in [6.07, 6.45) is 1.32. The molecular formula is C13H14N4O3. The maximum absolute atomic E-state index is 11.7. The SMILES string of the molecule is CC(C)(C(=O)O)c1ccc(NC(=O)c2cn[nH]n2)cc1. The fourth-order valence-electron chi connectivity index (χ4n) is 1.60. The normalized spacial score (nSPS) is 11.1. The highest BCUT2D eigenvalue weighted by atomic mass is 16.4. The van der Waals surface area contributed by atoms with Gasteiger partial charge in [-0.2, -0.15) is 15.4 Å². The van der Waals surface area contributed by atoms with Crippen molar-refractivity contribution in [1.82, 2.24) is 15.4 Å². The smallest absolute Gasteiger partial charge is 0.313 e. The van der Waals surface area contributed by atoms with E-state index in [2.05, 4.69) is 20.7 Å². The first kappa shape index (κ1) is 13.7. The first-order chi connectivity index (χ1) is 9.41. The van der Waals surface area contributed by atoms with Gasteiger partial charge in [0, 0.05) is 5.69 Å². The summed E-state index contributed by atoms with van der Waals surface area (Å²) in [5.41, 5.74) is 0.418. The third-order valence-corrected chi connectivity index (χ3v) is 3.05. The van der Waals surface area contributed by atoms with E-state index in [1.54, 1.807) is 38.1 Å². The van der Waals surface area contributed by atoms with Crippen LogP contribution < -0.4 is 5.32 Å². The van der Waals surface area contributed by atoms with Crippen LogP contribution >= 0.6 is 0 Å². The molecule has 20 heavy (non-hydrogen) atoms. The molecule has 3 N–H and O–H groups in total. The molecule has 1 amide bonds. The number of carboxylic acids is 1. The third kappa shape index (κ3) is 2.66. The molecule has 1 heterocycles. The van der Waals surface area contributed by atoms with Crippen molar-refractivity contribution in [3.8, 4) is 0 Å². The van der Waals surface area contributed by atoms with Gasteiger partial charge in [-0.1, -0.05) is 12.1 Å². The number of carbonyl (C=O) groups excluding carboxylic acids is 1. The molecule has 0 bridgehead atoms. The Morgan fingerprint density at radius 1 is 1.25 bits per heavy atom. The third-order valence-electron chi connectivity index (χ3n) is 3.05. The highest BCUT2D eigenvalue weighted by Gasteiger charge is 2.29. The van der Waals surface area contributed by atoms with Gasteiger partial charge in [-0.25, -0.2) is 0 Å². The van der Waals surface area contributed by atoms with Crippen LogP contribution in [0.4, 0.5) is 5.69 Å². The summed E-state index contributed by atoms with van der Waals surface area (Å²) >= 11 is 0. The molecule has 0 radical (unpaired) electrons. The van der Waals surface area contributed by atoms with Gasteiger partial charge in [0.2, 0.25) is 0 Å². The van der Waals surface area contributed by atoms with Crippen LogP contribution in [-0.2, 0) is 10.2 Å². The zero-order valence-electron chi connectivity index (χ0n) is 11.0. The molecule has 0 saturated carbocycles. The number of aromatic nitrogens is 3. The number of rotatable bonds is 4. The summed E-state index contributed by atoms with van der Waals surface area (Å²) in [7, 11) is 0. The Labute approximate surface area is 115 Å². The minimum Gasteiger partial charge on any atom is -0.481 e. The minimum atomic E-state index is -0.978. The minimum absolute atomic E-state index is 0.181. The number of hydrogen-bond donors (Lipinski definition) is 3. The maximum Gasteiger partial charge on any atom is 0.313 e. The molecule has 0 spiro atoms. The second-order valence-electron chi connectivity index (χ2n) is 4.82. The monoisotopic (exact) mass is 274 g/mol. The van der Waals surface area contributed by atoms with Gasteiger partial charge in [0.05, 0.1) is 11.6 Å². The highest BCUT2D eigenvalue weighted by molar-refractivity contribution is 6.02. The molecule has 0 unspecified atom stereocenters. The zero-order chi connectivity index (χ0) is 14.8. The first-order valence-corrected chi connectivity index (χ1v) is 5.92. The van der Waals surface area contributed by atoms with E-state index in [0.29, 0.717) is 11.3 Å². The standard InChI is InChI=1S/C13H14N4O3/c1-13(2,12(19)20)8-3-5-9(6-4-8)15-11(18)10-7-14-17-16-10/h3-7H,1-2H3,(H,15,18)(H,19,20)(H,14,16,17). The van der Waals surface area contributed by atoms with Gasteiger partial charge in [-0.15, -0.1) is 0 Å². The molecular weight excluding hydrogens is 260 g/mol. The van der Waals surface area contributed by atoms with Crippen LogP contribution in [0.1, 0.15) is 29.9 Å². The van der Waals surface area contributed by atoms with Crippen molar-refractivity contribution < 1.29 is 14.7 Å². The number of benzene rings is 1.